The number of rotatable bonds is 5. The van der Waals surface area contributed by atoms with Crippen molar-refractivity contribution in [2.45, 2.75) is 90.6 Å². The molecule has 0 bridgehead atoms. The zero-order valence-electron chi connectivity index (χ0n) is 24.2. The van der Waals surface area contributed by atoms with Crippen molar-refractivity contribution in [1.82, 2.24) is 4.57 Å². The van der Waals surface area contributed by atoms with Crippen molar-refractivity contribution in [1.29, 1.82) is 0 Å². The summed E-state index contributed by atoms with van der Waals surface area (Å²) in [5.41, 5.74) is 1.85. The van der Waals surface area contributed by atoms with Crippen LogP contribution in [0.4, 0.5) is 4.79 Å². The standard InChI is InChI=1S/C31H40BNO6/c1-29(2,3)37-28(34)33-25-19-23(36-20-21-11-9-8-10-12-21)13-14-24(25)26(27(33)22-15-17-35-18-16-22)32-38-30(4,5)31(6,7)39-32/h8-14,19,22H,15-18,20H2,1-7H3. The van der Waals surface area contributed by atoms with Gasteiger partial charge in [0, 0.05) is 41.7 Å². The molecule has 39 heavy (non-hydrogen) atoms. The first-order valence-corrected chi connectivity index (χ1v) is 13.9. The van der Waals surface area contributed by atoms with E-state index in [1.165, 1.54) is 0 Å². The van der Waals surface area contributed by atoms with E-state index in [0.717, 1.165) is 40.5 Å². The van der Waals surface area contributed by atoms with Gasteiger partial charge in [0.05, 0.1) is 16.7 Å². The molecule has 3 aromatic rings. The van der Waals surface area contributed by atoms with Gasteiger partial charge >= 0.3 is 13.2 Å². The molecule has 0 radical (unpaired) electrons. The van der Waals surface area contributed by atoms with Crippen LogP contribution < -0.4 is 10.2 Å². The Balaban J connectivity index is 1.67. The topological polar surface area (TPSA) is 68.2 Å². The minimum absolute atomic E-state index is 0.0846. The Morgan fingerprint density at radius 3 is 2.26 bits per heavy atom. The predicted octanol–water partition coefficient (Wildman–Crippen LogP) is 6.20. The van der Waals surface area contributed by atoms with Crippen molar-refractivity contribution in [2.24, 2.45) is 0 Å². The van der Waals surface area contributed by atoms with Crippen molar-refractivity contribution in [3.8, 4) is 5.75 Å². The zero-order chi connectivity index (χ0) is 28.0. The van der Waals surface area contributed by atoms with Gasteiger partial charge in [-0.3, -0.25) is 0 Å². The molecule has 1 aromatic heterocycles. The summed E-state index contributed by atoms with van der Waals surface area (Å²) >= 11 is 0. The molecule has 0 aliphatic carbocycles. The molecular weight excluding hydrogens is 493 g/mol. The molecular formula is C31H40BNO6. The Morgan fingerprint density at radius 1 is 1.00 bits per heavy atom. The maximum absolute atomic E-state index is 13.9. The molecule has 8 heteroatoms. The van der Waals surface area contributed by atoms with E-state index in [0.29, 0.717) is 25.6 Å². The third-order valence-electron chi connectivity index (χ3n) is 7.94. The highest BCUT2D eigenvalue weighted by atomic mass is 16.7. The SMILES string of the molecule is CC(C)(C)OC(=O)n1c(C2CCOCC2)c(B2OC(C)(C)C(C)(C)O2)c2ccc(OCc3ccccc3)cc21. The van der Waals surface area contributed by atoms with Gasteiger partial charge in [-0.25, -0.2) is 9.36 Å². The molecule has 0 spiro atoms. The highest BCUT2D eigenvalue weighted by molar-refractivity contribution is 6.66. The maximum Gasteiger partial charge on any atom is 0.497 e. The van der Waals surface area contributed by atoms with Gasteiger partial charge in [0.15, 0.2) is 0 Å². The average molecular weight is 533 g/mol. The Hall–Kier alpha value is -2.81. The summed E-state index contributed by atoms with van der Waals surface area (Å²) < 4.78 is 32.7. The number of carbonyl (C=O) groups excluding carboxylic acids is 1. The van der Waals surface area contributed by atoms with Gasteiger partial charge in [-0.1, -0.05) is 30.3 Å². The first-order valence-electron chi connectivity index (χ1n) is 13.9. The molecule has 2 saturated heterocycles. The number of carbonyl (C=O) groups is 1. The molecule has 0 unspecified atom stereocenters. The van der Waals surface area contributed by atoms with Gasteiger partial charge < -0.3 is 23.5 Å². The van der Waals surface area contributed by atoms with Crippen LogP contribution >= 0.6 is 0 Å². The smallest absolute Gasteiger partial charge is 0.489 e. The lowest BCUT2D eigenvalue weighted by Gasteiger charge is -2.32. The molecule has 7 nitrogen and oxygen atoms in total. The van der Waals surface area contributed by atoms with E-state index in [4.69, 9.17) is 23.5 Å². The Labute approximate surface area is 231 Å². The highest BCUT2D eigenvalue weighted by Gasteiger charge is 2.54. The van der Waals surface area contributed by atoms with E-state index < -0.39 is 30.0 Å². The van der Waals surface area contributed by atoms with Crippen LogP contribution in [0.3, 0.4) is 0 Å². The van der Waals surface area contributed by atoms with Crippen LogP contribution in [0.25, 0.3) is 10.9 Å². The van der Waals surface area contributed by atoms with Gasteiger partial charge in [0.1, 0.15) is 18.0 Å². The van der Waals surface area contributed by atoms with E-state index in [1.54, 1.807) is 4.57 Å². The summed E-state index contributed by atoms with van der Waals surface area (Å²) in [5, 5.41) is 0.896. The second-order valence-electron chi connectivity index (χ2n) is 12.5. The summed E-state index contributed by atoms with van der Waals surface area (Å²) in [7, 11) is -0.630. The number of ether oxygens (including phenoxy) is 3. The van der Waals surface area contributed by atoms with E-state index in [9.17, 15) is 4.79 Å². The van der Waals surface area contributed by atoms with Crippen molar-refractivity contribution in [3.63, 3.8) is 0 Å². The molecule has 3 heterocycles. The van der Waals surface area contributed by atoms with Crippen LogP contribution in [-0.2, 0) is 25.4 Å². The summed E-state index contributed by atoms with van der Waals surface area (Å²) in [4.78, 5) is 13.9. The van der Waals surface area contributed by atoms with E-state index in [2.05, 4.69) is 0 Å². The molecule has 0 N–H and O–H groups in total. The molecule has 2 fully saturated rings. The lowest BCUT2D eigenvalue weighted by Crippen LogP contribution is -2.41. The normalized spacial score (nSPS) is 19.4. The fraction of sp³-hybridized carbons (Fsp3) is 0.516. The van der Waals surface area contributed by atoms with Crippen LogP contribution in [0.1, 0.15) is 78.5 Å². The molecule has 0 saturated carbocycles. The van der Waals surface area contributed by atoms with Gasteiger partial charge in [-0.2, -0.15) is 0 Å². The van der Waals surface area contributed by atoms with Crippen molar-refractivity contribution >= 4 is 29.6 Å². The largest absolute Gasteiger partial charge is 0.497 e. The summed E-state index contributed by atoms with van der Waals surface area (Å²) in [5.74, 6) is 0.758. The third kappa shape index (κ3) is 5.60. The number of hydrogen-bond donors (Lipinski definition) is 0. The number of aromatic nitrogens is 1. The minimum atomic E-state index is -0.660. The molecule has 0 atom stereocenters. The van der Waals surface area contributed by atoms with Crippen LogP contribution in [0.5, 0.6) is 5.75 Å². The van der Waals surface area contributed by atoms with Crippen molar-refractivity contribution < 1.29 is 28.3 Å². The van der Waals surface area contributed by atoms with E-state index in [-0.39, 0.29) is 5.92 Å². The van der Waals surface area contributed by atoms with Crippen LogP contribution in [0.2, 0.25) is 0 Å². The maximum atomic E-state index is 13.9. The summed E-state index contributed by atoms with van der Waals surface area (Å²) in [6, 6.07) is 15.9. The Morgan fingerprint density at radius 2 is 1.64 bits per heavy atom. The summed E-state index contributed by atoms with van der Waals surface area (Å²) in [6.07, 6.45) is 1.17. The molecule has 2 aliphatic heterocycles. The number of benzene rings is 2. The van der Waals surface area contributed by atoms with Gasteiger partial charge in [-0.15, -0.1) is 0 Å². The van der Waals surface area contributed by atoms with Crippen LogP contribution in [-0.4, -0.2) is 47.8 Å². The first kappa shape index (κ1) is 27.8. The molecule has 208 valence electrons. The van der Waals surface area contributed by atoms with Crippen molar-refractivity contribution in [3.05, 3.63) is 59.8 Å². The van der Waals surface area contributed by atoms with Crippen molar-refractivity contribution in [2.75, 3.05) is 13.2 Å². The minimum Gasteiger partial charge on any atom is -0.489 e. The molecule has 0 amide bonds. The predicted molar refractivity (Wildman–Crippen MR) is 153 cm³/mol. The average Bonchev–Trinajstić information content (AvgIpc) is 3.32. The molecule has 2 aromatic carbocycles. The Bertz CT molecular complexity index is 1320. The molecule has 2 aliphatic rings. The lowest BCUT2D eigenvalue weighted by molar-refractivity contribution is 0.00578. The van der Waals surface area contributed by atoms with Crippen LogP contribution in [0, 0.1) is 0 Å². The Kier molecular flexibility index (Phi) is 7.33. The lowest BCUT2D eigenvalue weighted by atomic mass is 9.73. The second-order valence-corrected chi connectivity index (χ2v) is 12.5. The number of nitrogens with zero attached hydrogens (tertiary/aromatic N) is 1. The fourth-order valence-electron chi connectivity index (χ4n) is 5.23. The van der Waals surface area contributed by atoms with Gasteiger partial charge in [0.2, 0.25) is 0 Å². The monoisotopic (exact) mass is 533 g/mol. The first-order chi connectivity index (χ1) is 18.4. The summed E-state index contributed by atoms with van der Waals surface area (Å²) in [6.45, 7) is 15.5. The van der Waals surface area contributed by atoms with Gasteiger partial charge in [0.25, 0.3) is 0 Å². The van der Waals surface area contributed by atoms with Crippen LogP contribution in [0.15, 0.2) is 48.5 Å². The number of hydrogen-bond acceptors (Lipinski definition) is 6. The third-order valence-corrected chi connectivity index (χ3v) is 7.94. The quantitative estimate of drug-likeness (QED) is 0.364. The zero-order valence-corrected chi connectivity index (χ0v) is 24.2. The fourth-order valence-corrected chi connectivity index (χ4v) is 5.23. The molecule has 5 rings (SSSR count). The number of fused-ring (bicyclic) bond motifs is 1. The second kappa shape index (κ2) is 10.3. The highest BCUT2D eigenvalue weighted by Crippen LogP contribution is 2.40. The van der Waals surface area contributed by atoms with E-state index in [1.807, 2.05) is 97.0 Å². The van der Waals surface area contributed by atoms with E-state index >= 15 is 0 Å². The van der Waals surface area contributed by atoms with Gasteiger partial charge in [-0.05, 0) is 79.0 Å².